The normalized spacial score (nSPS) is 12.1. The van der Waals surface area contributed by atoms with Gasteiger partial charge in [0.2, 0.25) is 0 Å². The maximum absolute atomic E-state index is 11.0. The standard InChI is InChI=1S/C52H34N8/c1-29-30(2)46-42(34-19-11-6-12-20-34)50-39(27-55)40(28-56)52(60-50)44(36-23-15-8-16-24-36)48-32(4)31(3)47(58-48)43(35-21-13-7-14-22-35)51-38(26-54)37(25-53)49(59-51)41(45(29)57-46)33-17-9-5-10-18-33/h5-24,59-60H,1-4H3. The lowest BCUT2D eigenvalue weighted by Crippen LogP contribution is -1.91. The molecule has 0 spiro atoms. The first-order valence-corrected chi connectivity index (χ1v) is 19.4. The van der Waals surface area contributed by atoms with Crippen molar-refractivity contribution >= 4 is 44.4 Å². The van der Waals surface area contributed by atoms with Gasteiger partial charge in [0.25, 0.3) is 0 Å². The second-order valence-corrected chi connectivity index (χ2v) is 14.8. The molecule has 0 fully saturated rings. The summed E-state index contributed by atoms with van der Waals surface area (Å²) in [5.74, 6) is 0. The Bertz CT molecular complexity index is 2910. The van der Waals surface area contributed by atoms with Crippen molar-refractivity contribution in [3.63, 3.8) is 0 Å². The highest BCUT2D eigenvalue weighted by Gasteiger charge is 2.30. The van der Waals surface area contributed by atoms with Crippen LogP contribution in [0.4, 0.5) is 0 Å². The molecule has 3 aromatic heterocycles. The first-order chi connectivity index (χ1) is 29.3. The van der Waals surface area contributed by atoms with Gasteiger partial charge in [0, 0.05) is 22.3 Å². The number of H-pyrrole nitrogens is 2. The summed E-state index contributed by atoms with van der Waals surface area (Å²) in [5, 5.41) is 44.1. The van der Waals surface area contributed by atoms with Crippen LogP contribution >= 0.6 is 0 Å². The third-order valence-electron chi connectivity index (χ3n) is 11.6. The molecule has 60 heavy (non-hydrogen) atoms. The number of fused-ring (bicyclic) bond motifs is 8. The van der Waals surface area contributed by atoms with E-state index in [9.17, 15) is 21.0 Å². The first kappa shape index (κ1) is 37.0. The van der Waals surface area contributed by atoms with Crippen molar-refractivity contribution in [2.24, 2.45) is 0 Å². The zero-order valence-corrected chi connectivity index (χ0v) is 33.2. The molecule has 9 rings (SSSR count). The van der Waals surface area contributed by atoms with Crippen molar-refractivity contribution in [1.29, 1.82) is 21.0 Å². The lowest BCUT2D eigenvalue weighted by atomic mass is 9.94. The van der Waals surface area contributed by atoms with Crippen LogP contribution in [-0.2, 0) is 0 Å². The van der Waals surface area contributed by atoms with Crippen LogP contribution in [0.1, 0.15) is 72.7 Å². The molecule has 4 aromatic carbocycles. The molecule has 2 aliphatic heterocycles. The summed E-state index contributed by atoms with van der Waals surface area (Å²) in [6.45, 7) is 7.99. The Labute approximate surface area is 347 Å². The minimum absolute atomic E-state index is 0.190. The number of benzene rings is 4. The van der Waals surface area contributed by atoms with Crippen molar-refractivity contribution in [2.75, 3.05) is 0 Å². The molecule has 8 nitrogen and oxygen atoms in total. The highest BCUT2D eigenvalue weighted by atomic mass is 14.8. The lowest BCUT2D eigenvalue weighted by Gasteiger charge is -2.08. The number of nitriles is 4. The molecule has 8 heteroatoms. The second-order valence-electron chi connectivity index (χ2n) is 14.8. The number of rotatable bonds is 4. The summed E-state index contributed by atoms with van der Waals surface area (Å²) in [4.78, 5) is 18.2. The topological polar surface area (TPSA) is 153 Å². The zero-order valence-electron chi connectivity index (χ0n) is 33.2. The summed E-state index contributed by atoms with van der Waals surface area (Å²) in [6.07, 6.45) is 0. The van der Waals surface area contributed by atoms with Crippen molar-refractivity contribution in [3.05, 3.63) is 166 Å². The number of allylic oxidation sites excluding steroid dienone is 4. The number of aromatic nitrogens is 4. The van der Waals surface area contributed by atoms with Crippen LogP contribution in [0.25, 0.3) is 88.9 Å². The van der Waals surface area contributed by atoms with Crippen molar-refractivity contribution < 1.29 is 0 Å². The van der Waals surface area contributed by atoms with E-state index >= 15 is 0 Å². The molecule has 2 N–H and O–H groups in total. The van der Waals surface area contributed by atoms with Crippen LogP contribution in [0.3, 0.4) is 0 Å². The Morgan fingerprint density at radius 1 is 0.333 bits per heavy atom. The van der Waals surface area contributed by atoms with E-state index in [4.69, 9.17) is 9.97 Å². The average molecular weight is 771 g/mol. The van der Waals surface area contributed by atoms with E-state index in [0.717, 1.165) is 44.5 Å². The van der Waals surface area contributed by atoms with Gasteiger partial charge in [-0.05, 0) is 72.2 Å². The smallest absolute Gasteiger partial charge is 0.103 e. The SMILES string of the molecule is CC1=C(C)c2nc1c(-c1ccccc1)c1[nH]c(c(C#N)c1C#N)c(-c1ccccc1)c1nc(c(-c3ccccc3)c3[nH]c(c(C#N)c3C#N)c2-c2ccccc2)C(C)=C1C. The average Bonchev–Trinajstić information content (AvgIpc) is 4.01. The van der Waals surface area contributed by atoms with Gasteiger partial charge in [-0.2, -0.15) is 21.0 Å². The maximum atomic E-state index is 11.0. The predicted octanol–water partition coefficient (Wildman–Crippen LogP) is 12.4. The Morgan fingerprint density at radius 2 is 0.533 bits per heavy atom. The summed E-state index contributed by atoms with van der Waals surface area (Å²) >= 11 is 0. The van der Waals surface area contributed by atoms with Crippen LogP contribution in [0.5, 0.6) is 0 Å². The Balaban J connectivity index is 1.69. The lowest BCUT2D eigenvalue weighted by molar-refractivity contribution is 1.29. The van der Waals surface area contributed by atoms with E-state index in [2.05, 4.69) is 34.2 Å². The van der Waals surface area contributed by atoms with Gasteiger partial charge in [0.1, 0.15) is 24.3 Å². The van der Waals surface area contributed by atoms with Gasteiger partial charge in [-0.15, -0.1) is 0 Å². The van der Waals surface area contributed by atoms with Crippen LogP contribution < -0.4 is 0 Å². The molecule has 0 aliphatic carbocycles. The quantitative estimate of drug-likeness (QED) is 0.182. The molecule has 0 amide bonds. The van der Waals surface area contributed by atoms with Crippen molar-refractivity contribution in [3.8, 4) is 68.8 Å². The summed E-state index contributed by atoms with van der Waals surface area (Å²) < 4.78 is 0. The molecule has 0 radical (unpaired) electrons. The molecule has 8 bridgehead atoms. The molecule has 2 aliphatic rings. The largest absolute Gasteiger partial charge is 0.352 e. The third-order valence-corrected chi connectivity index (χ3v) is 11.6. The van der Waals surface area contributed by atoms with E-state index in [-0.39, 0.29) is 22.3 Å². The predicted molar refractivity (Wildman–Crippen MR) is 238 cm³/mol. The molecule has 0 saturated heterocycles. The van der Waals surface area contributed by atoms with Gasteiger partial charge in [-0.1, -0.05) is 121 Å². The molecule has 0 saturated carbocycles. The number of aromatic amines is 2. The maximum Gasteiger partial charge on any atom is 0.103 e. The summed E-state index contributed by atoms with van der Waals surface area (Å²) in [6, 6.07) is 48.6. The zero-order chi connectivity index (χ0) is 41.7. The van der Waals surface area contributed by atoms with E-state index in [0.29, 0.717) is 67.1 Å². The molecule has 5 heterocycles. The fraction of sp³-hybridized carbons (Fsp3) is 0.0769. The minimum Gasteiger partial charge on any atom is -0.352 e. The van der Waals surface area contributed by atoms with Gasteiger partial charge in [-0.3, -0.25) is 0 Å². The fourth-order valence-electron chi connectivity index (χ4n) is 8.46. The second kappa shape index (κ2) is 14.7. The molecular weight excluding hydrogens is 737 g/mol. The number of hydrogen-bond acceptors (Lipinski definition) is 6. The Kier molecular flexibility index (Phi) is 9.10. The summed E-state index contributed by atoms with van der Waals surface area (Å²) in [5.41, 5.74) is 14.1. The molecule has 0 unspecified atom stereocenters. The number of nitrogens with zero attached hydrogens (tertiary/aromatic N) is 6. The Hall–Kier alpha value is -8.56. The number of nitrogens with one attached hydrogen (secondary N) is 2. The summed E-state index contributed by atoms with van der Waals surface area (Å²) in [7, 11) is 0. The van der Waals surface area contributed by atoms with E-state index in [1.807, 2.05) is 149 Å². The van der Waals surface area contributed by atoms with Gasteiger partial charge in [0.15, 0.2) is 0 Å². The number of hydrogen-bond donors (Lipinski definition) is 2. The van der Waals surface area contributed by atoms with Gasteiger partial charge < -0.3 is 9.97 Å². The van der Waals surface area contributed by atoms with E-state index in [1.165, 1.54) is 0 Å². The van der Waals surface area contributed by atoms with Gasteiger partial charge in [0.05, 0.1) is 67.1 Å². The fourth-order valence-corrected chi connectivity index (χ4v) is 8.46. The molecular formula is C52H34N8. The van der Waals surface area contributed by atoms with Crippen LogP contribution in [0, 0.1) is 45.3 Å². The highest BCUT2D eigenvalue weighted by molar-refractivity contribution is 6.09. The van der Waals surface area contributed by atoms with Crippen molar-refractivity contribution in [1.82, 2.24) is 19.9 Å². The van der Waals surface area contributed by atoms with E-state index < -0.39 is 0 Å². The third kappa shape index (κ3) is 5.64. The highest BCUT2D eigenvalue weighted by Crippen LogP contribution is 2.47. The minimum atomic E-state index is 0.190. The molecule has 0 atom stereocenters. The van der Waals surface area contributed by atoms with Crippen molar-refractivity contribution in [2.45, 2.75) is 27.7 Å². The Morgan fingerprint density at radius 3 is 0.717 bits per heavy atom. The van der Waals surface area contributed by atoms with Gasteiger partial charge in [-0.25, -0.2) is 9.97 Å². The van der Waals surface area contributed by atoms with Crippen LogP contribution in [0.15, 0.2) is 121 Å². The van der Waals surface area contributed by atoms with E-state index in [1.54, 1.807) is 0 Å². The van der Waals surface area contributed by atoms with Crippen LogP contribution in [0.2, 0.25) is 0 Å². The molecule has 282 valence electrons. The molecule has 7 aromatic rings. The first-order valence-electron chi connectivity index (χ1n) is 19.4. The monoisotopic (exact) mass is 770 g/mol. The van der Waals surface area contributed by atoms with Gasteiger partial charge >= 0.3 is 0 Å². The van der Waals surface area contributed by atoms with Crippen LogP contribution in [-0.4, -0.2) is 19.9 Å².